The highest BCUT2D eigenvalue weighted by atomic mass is 79.9. The summed E-state index contributed by atoms with van der Waals surface area (Å²) in [6, 6.07) is 14.7. The summed E-state index contributed by atoms with van der Waals surface area (Å²) in [4.78, 5) is 0. The van der Waals surface area contributed by atoms with Gasteiger partial charge >= 0.3 is 0 Å². The number of benzene rings is 2. The average Bonchev–Trinajstić information content (AvgIpc) is 2.47. The molecular formula is C17H19Br2NO. The summed E-state index contributed by atoms with van der Waals surface area (Å²) in [7, 11) is 1.68. The minimum Gasteiger partial charge on any atom is -0.495 e. The van der Waals surface area contributed by atoms with Crippen molar-refractivity contribution in [2.45, 2.75) is 19.9 Å². The molecule has 0 fully saturated rings. The van der Waals surface area contributed by atoms with Gasteiger partial charge in [-0.15, -0.1) is 0 Å². The SMILES string of the molecule is COc1cc(NC(c2ccccc2)C(C)C)c(Br)cc1Br. The predicted molar refractivity (Wildman–Crippen MR) is 96.0 cm³/mol. The highest BCUT2D eigenvalue weighted by Gasteiger charge is 2.17. The molecule has 0 aliphatic heterocycles. The number of hydrogen-bond donors (Lipinski definition) is 1. The molecule has 0 aromatic heterocycles. The number of nitrogens with one attached hydrogen (secondary N) is 1. The highest BCUT2D eigenvalue weighted by Crippen LogP contribution is 2.37. The van der Waals surface area contributed by atoms with Gasteiger partial charge in [-0.25, -0.2) is 0 Å². The van der Waals surface area contributed by atoms with Crippen LogP contribution in [0.3, 0.4) is 0 Å². The molecule has 0 radical (unpaired) electrons. The zero-order valence-corrected chi connectivity index (χ0v) is 15.5. The third-order valence-corrected chi connectivity index (χ3v) is 4.65. The summed E-state index contributed by atoms with van der Waals surface area (Å²) in [5, 5.41) is 3.62. The molecule has 2 nitrogen and oxygen atoms in total. The second kappa shape index (κ2) is 7.32. The first kappa shape index (κ1) is 16.4. The van der Waals surface area contributed by atoms with Gasteiger partial charge < -0.3 is 10.1 Å². The lowest BCUT2D eigenvalue weighted by molar-refractivity contribution is 0.412. The second-order valence-electron chi connectivity index (χ2n) is 5.24. The molecule has 4 heteroatoms. The Morgan fingerprint density at radius 3 is 2.24 bits per heavy atom. The van der Waals surface area contributed by atoms with E-state index in [1.807, 2.05) is 18.2 Å². The molecule has 0 bridgehead atoms. The van der Waals surface area contributed by atoms with Gasteiger partial charge in [0, 0.05) is 10.5 Å². The molecule has 0 spiro atoms. The normalized spacial score (nSPS) is 12.3. The number of anilines is 1. The first-order valence-electron chi connectivity index (χ1n) is 6.87. The summed E-state index contributed by atoms with van der Waals surface area (Å²) in [5.74, 6) is 1.28. The van der Waals surface area contributed by atoms with Crippen LogP contribution in [0.2, 0.25) is 0 Å². The molecule has 2 aromatic carbocycles. The molecule has 1 atom stereocenters. The van der Waals surface area contributed by atoms with Gasteiger partial charge in [-0.3, -0.25) is 0 Å². The van der Waals surface area contributed by atoms with E-state index in [1.54, 1.807) is 7.11 Å². The van der Waals surface area contributed by atoms with Gasteiger partial charge in [0.2, 0.25) is 0 Å². The van der Waals surface area contributed by atoms with Crippen molar-refractivity contribution in [2.24, 2.45) is 5.92 Å². The number of methoxy groups -OCH3 is 1. The number of halogens is 2. The third kappa shape index (κ3) is 4.01. The van der Waals surface area contributed by atoms with Crippen LogP contribution in [0.25, 0.3) is 0 Å². The van der Waals surface area contributed by atoms with E-state index in [4.69, 9.17) is 4.74 Å². The van der Waals surface area contributed by atoms with E-state index < -0.39 is 0 Å². The maximum Gasteiger partial charge on any atom is 0.135 e. The molecule has 21 heavy (non-hydrogen) atoms. The van der Waals surface area contributed by atoms with Crippen LogP contribution in [0, 0.1) is 5.92 Å². The fourth-order valence-electron chi connectivity index (χ4n) is 2.26. The quantitative estimate of drug-likeness (QED) is 0.647. The Labute approximate surface area is 143 Å². The molecular weight excluding hydrogens is 394 g/mol. The topological polar surface area (TPSA) is 21.3 Å². The van der Waals surface area contributed by atoms with Crippen molar-refractivity contribution in [1.29, 1.82) is 0 Å². The van der Waals surface area contributed by atoms with E-state index in [2.05, 4.69) is 75.3 Å². The molecule has 0 amide bonds. The standard InChI is InChI=1S/C17H19Br2NO/c1-11(2)17(12-7-5-4-6-8-12)20-15-10-16(21-3)14(19)9-13(15)18/h4-11,17,20H,1-3H3. The van der Waals surface area contributed by atoms with Crippen molar-refractivity contribution in [3.8, 4) is 5.75 Å². The number of hydrogen-bond acceptors (Lipinski definition) is 2. The van der Waals surface area contributed by atoms with Crippen LogP contribution < -0.4 is 10.1 Å². The fraction of sp³-hybridized carbons (Fsp3) is 0.294. The zero-order chi connectivity index (χ0) is 15.4. The molecule has 112 valence electrons. The fourth-order valence-corrected chi connectivity index (χ4v) is 3.53. The molecule has 2 aromatic rings. The van der Waals surface area contributed by atoms with Crippen LogP contribution in [0.15, 0.2) is 51.4 Å². The van der Waals surface area contributed by atoms with Gasteiger partial charge in [-0.2, -0.15) is 0 Å². The Bertz CT molecular complexity index is 599. The van der Waals surface area contributed by atoms with E-state index in [0.717, 1.165) is 20.4 Å². The van der Waals surface area contributed by atoms with E-state index in [9.17, 15) is 0 Å². The van der Waals surface area contributed by atoms with E-state index >= 15 is 0 Å². The highest BCUT2D eigenvalue weighted by molar-refractivity contribution is 9.11. The maximum absolute atomic E-state index is 5.38. The lowest BCUT2D eigenvalue weighted by Crippen LogP contribution is -2.17. The van der Waals surface area contributed by atoms with Gasteiger partial charge in [0.05, 0.1) is 23.3 Å². The summed E-state index contributed by atoms with van der Waals surface area (Å²) >= 11 is 7.11. The molecule has 0 saturated heterocycles. The Hall–Kier alpha value is -1.000. The predicted octanol–water partition coefficient (Wildman–Crippen LogP) is 6.03. The van der Waals surface area contributed by atoms with Crippen LogP contribution in [0.1, 0.15) is 25.5 Å². The number of rotatable bonds is 5. The largest absolute Gasteiger partial charge is 0.495 e. The Kier molecular flexibility index (Phi) is 5.71. The van der Waals surface area contributed by atoms with Gasteiger partial charge in [-0.05, 0) is 49.4 Å². The summed E-state index contributed by atoms with van der Waals surface area (Å²) < 4.78 is 7.33. The minimum atomic E-state index is 0.244. The second-order valence-corrected chi connectivity index (χ2v) is 6.95. The van der Waals surface area contributed by atoms with Crippen molar-refractivity contribution in [3.63, 3.8) is 0 Å². The van der Waals surface area contributed by atoms with Gasteiger partial charge in [0.15, 0.2) is 0 Å². The van der Waals surface area contributed by atoms with Crippen molar-refractivity contribution < 1.29 is 4.74 Å². The van der Waals surface area contributed by atoms with Gasteiger partial charge in [-0.1, -0.05) is 44.2 Å². The van der Waals surface area contributed by atoms with E-state index in [1.165, 1.54) is 5.56 Å². The molecule has 0 aliphatic carbocycles. The molecule has 0 heterocycles. The maximum atomic E-state index is 5.38. The van der Waals surface area contributed by atoms with Gasteiger partial charge in [0.1, 0.15) is 5.75 Å². The lowest BCUT2D eigenvalue weighted by Gasteiger charge is -2.25. The molecule has 1 N–H and O–H groups in total. The van der Waals surface area contributed by atoms with Crippen LogP contribution in [-0.4, -0.2) is 7.11 Å². The minimum absolute atomic E-state index is 0.244. The Balaban J connectivity index is 2.34. The lowest BCUT2D eigenvalue weighted by atomic mass is 9.96. The van der Waals surface area contributed by atoms with Crippen molar-refractivity contribution in [1.82, 2.24) is 0 Å². The summed E-state index contributed by atoms with van der Waals surface area (Å²) in [6.45, 7) is 4.43. The van der Waals surface area contributed by atoms with Crippen LogP contribution in [-0.2, 0) is 0 Å². The first-order valence-corrected chi connectivity index (χ1v) is 8.46. The van der Waals surface area contributed by atoms with Crippen molar-refractivity contribution in [3.05, 3.63) is 57.0 Å². The Morgan fingerprint density at radius 2 is 1.67 bits per heavy atom. The summed E-state index contributed by atoms with van der Waals surface area (Å²) in [5.41, 5.74) is 2.30. The number of ether oxygens (including phenoxy) is 1. The van der Waals surface area contributed by atoms with Crippen LogP contribution >= 0.6 is 31.9 Å². The monoisotopic (exact) mass is 411 g/mol. The van der Waals surface area contributed by atoms with Crippen LogP contribution in [0.4, 0.5) is 5.69 Å². The van der Waals surface area contributed by atoms with Gasteiger partial charge in [0.25, 0.3) is 0 Å². The first-order chi connectivity index (χ1) is 10.0. The molecule has 1 unspecified atom stereocenters. The molecule has 0 saturated carbocycles. The summed E-state index contributed by atoms with van der Waals surface area (Å²) in [6.07, 6.45) is 0. The van der Waals surface area contributed by atoms with E-state index in [0.29, 0.717) is 5.92 Å². The van der Waals surface area contributed by atoms with Crippen molar-refractivity contribution in [2.75, 3.05) is 12.4 Å². The van der Waals surface area contributed by atoms with Crippen molar-refractivity contribution >= 4 is 37.5 Å². The average molecular weight is 413 g/mol. The van der Waals surface area contributed by atoms with Crippen LogP contribution in [0.5, 0.6) is 5.75 Å². The molecule has 2 rings (SSSR count). The Morgan fingerprint density at radius 1 is 1.00 bits per heavy atom. The van der Waals surface area contributed by atoms with E-state index in [-0.39, 0.29) is 6.04 Å². The molecule has 0 aliphatic rings. The third-order valence-electron chi connectivity index (χ3n) is 3.38. The zero-order valence-electron chi connectivity index (χ0n) is 12.4. The smallest absolute Gasteiger partial charge is 0.135 e.